The lowest BCUT2D eigenvalue weighted by Crippen LogP contribution is -2.59. The van der Waals surface area contributed by atoms with Crippen LogP contribution >= 0.6 is 0 Å². The van der Waals surface area contributed by atoms with Crippen LogP contribution in [0.1, 0.15) is 59.8 Å². The van der Waals surface area contributed by atoms with Gasteiger partial charge >= 0.3 is 0 Å². The first-order valence-electron chi connectivity index (χ1n) is 16.3. The van der Waals surface area contributed by atoms with Gasteiger partial charge in [-0.05, 0) is 50.2 Å². The van der Waals surface area contributed by atoms with E-state index in [4.69, 9.17) is 4.74 Å². The zero-order valence-electron chi connectivity index (χ0n) is 27.1. The number of likely N-dealkylation sites (tertiary alicyclic amines) is 1. The smallest absolute Gasteiger partial charge is 0.250 e. The Morgan fingerprint density at radius 3 is 2.49 bits per heavy atom. The summed E-state index contributed by atoms with van der Waals surface area (Å²) in [6, 6.07) is 5.89. The Kier molecular flexibility index (Phi) is 9.51. The van der Waals surface area contributed by atoms with Gasteiger partial charge in [0.05, 0.1) is 35.6 Å². The fourth-order valence-corrected chi connectivity index (χ4v) is 8.17. The summed E-state index contributed by atoms with van der Waals surface area (Å²) in [5.74, 6) is -2.16. The van der Waals surface area contributed by atoms with Crippen molar-refractivity contribution in [1.82, 2.24) is 29.7 Å². The minimum Gasteiger partial charge on any atom is -0.394 e. The van der Waals surface area contributed by atoms with Crippen molar-refractivity contribution in [3.8, 4) is 0 Å². The number of aliphatic hydroxyl groups is 1. The highest BCUT2D eigenvalue weighted by atomic mass is 16.5. The molecule has 3 aliphatic heterocycles. The molecule has 11 nitrogen and oxygen atoms in total. The van der Waals surface area contributed by atoms with Gasteiger partial charge in [-0.15, -0.1) is 18.3 Å². The fraction of sp³-hybridized carbons (Fsp3) is 0.618. The number of nitrogens with zero attached hydrogens (tertiary/aromatic N) is 6. The number of aliphatic hydroxyl groups excluding tert-OH is 1. The molecule has 4 heterocycles. The molecule has 45 heavy (non-hydrogen) atoms. The number of hydrogen-bond donors (Lipinski definition) is 1. The summed E-state index contributed by atoms with van der Waals surface area (Å²) in [6.07, 6.45) is 6.19. The van der Waals surface area contributed by atoms with Gasteiger partial charge in [-0.2, -0.15) is 0 Å². The third-order valence-electron chi connectivity index (χ3n) is 10.0. The third-order valence-corrected chi connectivity index (χ3v) is 10.0. The van der Waals surface area contributed by atoms with Gasteiger partial charge in [-0.1, -0.05) is 57.2 Å². The first-order chi connectivity index (χ1) is 21.6. The van der Waals surface area contributed by atoms with Crippen LogP contribution in [-0.2, 0) is 25.8 Å². The van der Waals surface area contributed by atoms with Crippen molar-refractivity contribution < 1.29 is 24.2 Å². The maximum Gasteiger partial charge on any atom is 0.250 e. The van der Waals surface area contributed by atoms with E-state index < -0.39 is 35.1 Å². The summed E-state index contributed by atoms with van der Waals surface area (Å²) < 4.78 is 8.67. The van der Waals surface area contributed by atoms with Crippen molar-refractivity contribution in [3.05, 3.63) is 49.6 Å². The van der Waals surface area contributed by atoms with Gasteiger partial charge in [0.25, 0.3) is 0 Å². The summed E-state index contributed by atoms with van der Waals surface area (Å²) in [7, 11) is 0. The topological polar surface area (TPSA) is 121 Å². The fourth-order valence-electron chi connectivity index (χ4n) is 8.17. The zero-order chi connectivity index (χ0) is 32.5. The van der Waals surface area contributed by atoms with E-state index in [-0.39, 0.29) is 43.5 Å². The summed E-state index contributed by atoms with van der Waals surface area (Å²) in [4.78, 5) is 49.1. The molecule has 2 aromatic rings. The summed E-state index contributed by atoms with van der Waals surface area (Å²) in [6.45, 7) is 16.7. The Hall–Kier alpha value is -3.57. The normalized spacial score (nSPS) is 27.6. The Morgan fingerprint density at radius 1 is 1.13 bits per heavy atom. The van der Waals surface area contributed by atoms with Crippen LogP contribution in [0.3, 0.4) is 0 Å². The van der Waals surface area contributed by atoms with Crippen molar-refractivity contribution in [2.75, 3.05) is 26.2 Å². The van der Waals surface area contributed by atoms with Crippen LogP contribution in [-0.4, -0.2) is 102 Å². The number of carbonyl (C=O) groups excluding carboxylic acids is 3. The number of fused-ring (bicyclic) bond motifs is 2. The lowest BCUT2D eigenvalue weighted by Gasteiger charge is -2.40. The van der Waals surface area contributed by atoms with Gasteiger partial charge in [0.15, 0.2) is 0 Å². The number of para-hydroxylation sites is 1. The maximum atomic E-state index is 14.9. The average Bonchev–Trinajstić information content (AvgIpc) is 3.76. The van der Waals surface area contributed by atoms with Crippen molar-refractivity contribution in [2.24, 2.45) is 17.8 Å². The van der Waals surface area contributed by atoms with Crippen LogP contribution in [0.2, 0.25) is 0 Å². The Morgan fingerprint density at radius 2 is 1.84 bits per heavy atom. The number of hydrogen-bond acceptors (Lipinski definition) is 7. The standard InChI is InChI=1S/C34H48N6O5/c1-7-17-37(18-8-2)30(42)27-28-31(43)40(24(21-41)20-23(5)6)29(34(28)16-15-33(27,10-4)45-34)32(44)38(19-9-3)22-39-26-14-12-11-13-25(26)35-36-39/h7,9,11-14,23-24,27-29,41H,1,3,8,10,15-22H2,2,4-6H3/t24-,27-,28+,29?,33+,34?/m1/s1. The molecule has 0 aliphatic carbocycles. The van der Waals surface area contributed by atoms with E-state index in [1.54, 1.807) is 31.5 Å². The number of ether oxygens (including phenoxy) is 1. The molecule has 1 spiro atoms. The van der Waals surface area contributed by atoms with E-state index in [1.807, 2.05) is 52.0 Å². The van der Waals surface area contributed by atoms with Crippen molar-refractivity contribution >= 4 is 28.8 Å². The summed E-state index contributed by atoms with van der Waals surface area (Å²) in [5.41, 5.74) is -0.579. The number of rotatable bonds is 15. The second-order valence-electron chi connectivity index (χ2n) is 13.2. The molecule has 2 bridgehead atoms. The van der Waals surface area contributed by atoms with Crippen LogP contribution < -0.4 is 0 Å². The summed E-state index contributed by atoms with van der Waals surface area (Å²) >= 11 is 0. The molecule has 1 aromatic heterocycles. The number of benzene rings is 1. The molecule has 244 valence electrons. The van der Waals surface area contributed by atoms with Crippen molar-refractivity contribution in [3.63, 3.8) is 0 Å². The Labute approximate surface area is 265 Å². The number of aromatic nitrogens is 3. The molecule has 3 amide bonds. The molecular formula is C34H48N6O5. The monoisotopic (exact) mass is 620 g/mol. The first-order valence-corrected chi connectivity index (χ1v) is 16.3. The minimum absolute atomic E-state index is 0.0868. The predicted octanol–water partition coefficient (Wildman–Crippen LogP) is 3.39. The van der Waals surface area contributed by atoms with E-state index in [9.17, 15) is 19.5 Å². The van der Waals surface area contributed by atoms with E-state index in [0.717, 1.165) is 11.9 Å². The Balaban J connectivity index is 1.61. The van der Waals surface area contributed by atoms with Gasteiger partial charge in [0.2, 0.25) is 17.7 Å². The molecule has 3 saturated heterocycles. The third kappa shape index (κ3) is 5.37. The minimum atomic E-state index is -1.20. The van der Waals surface area contributed by atoms with E-state index >= 15 is 0 Å². The molecular weight excluding hydrogens is 572 g/mol. The average molecular weight is 621 g/mol. The molecule has 1 aromatic carbocycles. The van der Waals surface area contributed by atoms with E-state index in [0.29, 0.717) is 44.3 Å². The molecule has 1 N–H and O–H groups in total. The highest BCUT2D eigenvalue weighted by molar-refractivity contribution is 5.99. The molecule has 2 unspecified atom stereocenters. The van der Waals surface area contributed by atoms with Gasteiger partial charge < -0.3 is 24.5 Å². The molecule has 11 heteroatoms. The van der Waals surface area contributed by atoms with Crippen LogP contribution in [0, 0.1) is 17.8 Å². The van der Waals surface area contributed by atoms with Gasteiger partial charge in [-0.25, -0.2) is 4.68 Å². The summed E-state index contributed by atoms with van der Waals surface area (Å²) in [5, 5.41) is 19.2. The highest BCUT2D eigenvalue weighted by Crippen LogP contribution is 2.65. The molecule has 0 saturated carbocycles. The van der Waals surface area contributed by atoms with Gasteiger partial charge in [-0.3, -0.25) is 14.4 Å². The van der Waals surface area contributed by atoms with Crippen LogP contribution in [0.4, 0.5) is 0 Å². The van der Waals surface area contributed by atoms with Gasteiger partial charge in [0, 0.05) is 19.6 Å². The zero-order valence-corrected chi connectivity index (χ0v) is 27.1. The van der Waals surface area contributed by atoms with E-state index in [1.165, 1.54) is 0 Å². The lowest BCUT2D eigenvalue weighted by atomic mass is 9.64. The van der Waals surface area contributed by atoms with Crippen LogP contribution in [0.15, 0.2) is 49.6 Å². The maximum absolute atomic E-state index is 14.9. The molecule has 3 fully saturated rings. The van der Waals surface area contributed by atoms with Crippen molar-refractivity contribution in [1.29, 1.82) is 0 Å². The quantitative estimate of drug-likeness (QED) is 0.303. The molecule has 6 atom stereocenters. The SMILES string of the molecule is C=CCN(Cn1nnc2ccccc21)C(=O)C1N([C@@H](CO)CC(C)C)C(=O)[C@@H]2[C@H](C(=O)N(CC=C)CCC)[C@]3(CC)CCC12O3. The largest absolute Gasteiger partial charge is 0.394 e. The highest BCUT2D eigenvalue weighted by Gasteiger charge is 2.79. The van der Waals surface area contributed by atoms with Crippen LogP contribution in [0.25, 0.3) is 11.0 Å². The molecule has 5 rings (SSSR count). The molecule has 0 radical (unpaired) electrons. The lowest BCUT2D eigenvalue weighted by molar-refractivity contribution is -0.159. The second kappa shape index (κ2) is 13.0. The van der Waals surface area contributed by atoms with Gasteiger partial charge in [0.1, 0.15) is 23.8 Å². The second-order valence-corrected chi connectivity index (χ2v) is 13.2. The first kappa shape index (κ1) is 32.8. The predicted molar refractivity (Wildman–Crippen MR) is 171 cm³/mol. The van der Waals surface area contributed by atoms with E-state index in [2.05, 4.69) is 23.5 Å². The number of amides is 3. The number of carbonyl (C=O) groups is 3. The van der Waals surface area contributed by atoms with Crippen LogP contribution in [0.5, 0.6) is 0 Å². The van der Waals surface area contributed by atoms with Crippen molar-refractivity contribution in [2.45, 2.75) is 89.8 Å². The molecule has 3 aliphatic rings. The Bertz CT molecular complexity index is 1440.